The summed E-state index contributed by atoms with van der Waals surface area (Å²) in [6.45, 7) is -0.0400. The van der Waals surface area contributed by atoms with Crippen molar-refractivity contribution in [3.8, 4) is 5.75 Å². The van der Waals surface area contributed by atoms with Gasteiger partial charge in [-0.3, -0.25) is 4.79 Å². The van der Waals surface area contributed by atoms with Crippen LogP contribution >= 0.6 is 39.1 Å². The van der Waals surface area contributed by atoms with Crippen LogP contribution in [0.25, 0.3) is 0 Å². The molecule has 0 fully saturated rings. The van der Waals surface area contributed by atoms with E-state index in [1.165, 1.54) is 41.7 Å². The number of sulfonamides is 1. The Morgan fingerprint density at radius 3 is 2.34 bits per heavy atom. The van der Waals surface area contributed by atoms with Gasteiger partial charge in [0.05, 0.1) is 14.4 Å². The smallest absolute Gasteiger partial charge is 0.262 e. The Morgan fingerprint density at radius 1 is 1.06 bits per heavy atom. The normalized spacial score (nSPS) is 11.4. The molecule has 0 aliphatic rings. The molecule has 3 aromatic carbocycles. The molecule has 0 bridgehead atoms. The number of carbonyl (C=O) groups excluding carboxylic acids is 1. The fraction of sp³-hybridized carbons (Fsp3) is 0.136. The average Bonchev–Trinajstić information content (AvgIpc) is 2.74. The fourth-order valence-electron chi connectivity index (χ4n) is 2.82. The summed E-state index contributed by atoms with van der Waals surface area (Å²) < 4.78 is 32.9. The van der Waals surface area contributed by atoms with Crippen LogP contribution in [0.4, 0.5) is 5.69 Å². The standard InChI is InChI=1S/C22H19BrCl2N2O4S/c1-27(13-15-5-3-2-4-6-15)32(29,30)18-9-7-17(8-10-18)26-21(28)14-31-22-19(23)11-16(24)12-20(22)25/h2-12H,13-14H2,1H3,(H,26,28). The number of rotatable bonds is 8. The van der Waals surface area contributed by atoms with Crippen molar-refractivity contribution in [3.63, 3.8) is 0 Å². The highest BCUT2D eigenvalue weighted by Gasteiger charge is 2.21. The van der Waals surface area contributed by atoms with Gasteiger partial charge < -0.3 is 10.1 Å². The van der Waals surface area contributed by atoms with E-state index in [4.69, 9.17) is 27.9 Å². The number of carbonyl (C=O) groups is 1. The van der Waals surface area contributed by atoms with Gasteiger partial charge in [-0.2, -0.15) is 4.31 Å². The molecule has 3 rings (SSSR count). The second-order valence-corrected chi connectivity index (χ2v) is 10.5. The summed E-state index contributed by atoms with van der Waals surface area (Å²) in [4.78, 5) is 12.3. The number of ether oxygens (including phenoxy) is 1. The van der Waals surface area contributed by atoms with Gasteiger partial charge in [-0.25, -0.2) is 8.42 Å². The molecule has 10 heteroatoms. The maximum atomic E-state index is 12.8. The number of nitrogens with zero attached hydrogens (tertiary/aromatic N) is 1. The zero-order valence-corrected chi connectivity index (χ0v) is 20.8. The summed E-state index contributed by atoms with van der Waals surface area (Å²) >= 11 is 15.3. The lowest BCUT2D eigenvalue weighted by molar-refractivity contribution is -0.118. The Hall–Kier alpha value is -2.10. The third kappa shape index (κ3) is 6.24. The van der Waals surface area contributed by atoms with Gasteiger partial charge in [0.1, 0.15) is 0 Å². The summed E-state index contributed by atoms with van der Waals surface area (Å²) in [5.74, 6) is -0.131. The van der Waals surface area contributed by atoms with Gasteiger partial charge in [-0.15, -0.1) is 0 Å². The van der Waals surface area contributed by atoms with Gasteiger partial charge in [0.2, 0.25) is 10.0 Å². The molecule has 0 radical (unpaired) electrons. The molecule has 0 saturated carbocycles. The van der Waals surface area contributed by atoms with Crippen LogP contribution < -0.4 is 10.1 Å². The Bertz CT molecular complexity index is 1180. The fourth-order valence-corrected chi connectivity index (χ4v) is 5.34. The van der Waals surface area contributed by atoms with Crippen LogP contribution in [0.2, 0.25) is 10.0 Å². The Labute approximate surface area is 205 Å². The molecule has 0 spiro atoms. The van der Waals surface area contributed by atoms with E-state index in [0.29, 0.717) is 20.9 Å². The highest BCUT2D eigenvalue weighted by atomic mass is 79.9. The quantitative estimate of drug-likeness (QED) is 0.391. The minimum atomic E-state index is -3.68. The number of anilines is 1. The second kappa shape index (κ2) is 10.7. The monoisotopic (exact) mass is 556 g/mol. The van der Waals surface area contributed by atoms with Gasteiger partial charge in [-0.1, -0.05) is 53.5 Å². The molecular formula is C22H19BrCl2N2O4S. The Morgan fingerprint density at radius 2 is 1.72 bits per heavy atom. The average molecular weight is 558 g/mol. The van der Waals surface area contributed by atoms with E-state index in [1.807, 2.05) is 30.3 Å². The molecule has 6 nitrogen and oxygen atoms in total. The first kappa shape index (κ1) is 24.5. The van der Waals surface area contributed by atoms with Crippen LogP contribution in [0.1, 0.15) is 5.56 Å². The molecule has 1 N–H and O–H groups in total. The number of benzene rings is 3. The predicted octanol–water partition coefficient (Wildman–Crippen LogP) is 5.59. The van der Waals surface area contributed by atoms with E-state index in [0.717, 1.165) is 5.56 Å². The van der Waals surface area contributed by atoms with Crippen molar-refractivity contribution in [2.75, 3.05) is 19.0 Å². The molecular weight excluding hydrogens is 539 g/mol. The molecule has 0 unspecified atom stereocenters. The molecule has 0 aromatic heterocycles. The maximum absolute atomic E-state index is 12.8. The van der Waals surface area contributed by atoms with Gasteiger partial charge >= 0.3 is 0 Å². The van der Waals surface area contributed by atoms with Crippen molar-refractivity contribution >= 4 is 60.7 Å². The SMILES string of the molecule is CN(Cc1ccccc1)S(=O)(=O)c1ccc(NC(=O)COc2c(Cl)cc(Cl)cc2Br)cc1. The van der Waals surface area contributed by atoms with E-state index >= 15 is 0 Å². The van der Waals surface area contributed by atoms with Crippen molar-refractivity contribution in [3.05, 3.63) is 86.8 Å². The van der Waals surface area contributed by atoms with E-state index in [-0.39, 0.29) is 23.1 Å². The summed E-state index contributed by atoms with van der Waals surface area (Å²) in [5.41, 5.74) is 1.32. The number of hydrogen-bond donors (Lipinski definition) is 1. The minimum absolute atomic E-state index is 0.127. The molecule has 0 saturated heterocycles. The lowest BCUT2D eigenvalue weighted by atomic mass is 10.2. The summed E-state index contributed by atoms with van der Waals surface area (Å²) in [6, 6.07) is 18.4. The number of halogens is 3. The van der Waals surface area contributed by atoms with E-state index in [2.05, 4.69) is 21.2 Å². The Balaban J connectivity index is 1.61. The summed E-state index contributed by atoms with van der Waals surface area (Å²) in [7, 11) is -2.15. The van der Waals surface area contributed by atoms with Gasteiger partial charge in [0, 0.05) is 24.3 Å². The van der Waals surface area contributed by atoms with Crippen molar-refractivity contribution in [2.24, 2.45) is 0 Å². The van der Waals surface area contributed by atoms with Crippen LogP contribution in [0.3, 0.4) is 0 Å². The van der Waals surface area contributed by atoms with Crippen LogP contribution in [0.5, 0.6) is 5.75 Å². The van der Waals surface area contributed by atoms with Crippen LogP contribution in [0.15, 0.2) is 76.1 Å². The molecule has 1 amide bonds. The topological polar surface area (TPSA) is 75.7 Å². The van der Waals surface area contributed by atoms with Gasteiger partial charge in [0.25, 0.3) is 5.91 Å². The first-order valence-electron chi connectivity index (χ1n) is 9.34. The molecule has 3 aromatic rings. The first-order chi connectivity index (χ1) is 15.2. The van der Waals surface area contributed by atoms with Crippen molar-refractivity contribution < 1.29 is 17.9 Å². The van der Waals surface area contributed by atoms with Crippen molar-refractivity contribution in [1.29, 1.82) is 0 Å². The second-order valence-electron chi connectivity index (χ2n) is 6.81. The molecule has 0 aliphatic carbocycles. The van der Waals surface area contributed by atoms with Gasteiger partial charge in [-0.05, 0) is 57.9 Å². The Kier molecular flexibility index (Phi) is 8.19. The predicted molar refractivity (Wildman–Crippen MR) is 130 cm³/mol. The molecule has 168 valence electrons. The third-order valence-electron chi connectivity index (χ3n) is 4.40. The van der Waals surface area contributed by atoms with E-state index in [1.54, 1.807) is 6.07 Å². The molecule has 0 heterocycles. The van der Waals surface area contributed by atoms with Gasteiger partial charge in [0.15, 0.2) is 12.4 Å². The largest absolute Gasteiger partial charge is 0.481 e. The first-order valence-corrected chi connectivity index (χ1v) is 12.3. The summed E-state index contributed by atoms with van der Waals surface area (Å²) in [6.07, 6.45) is 0. The minimum Gasteiger partial charge on any atom is -0.481 e. The molecule has 0 atom stereocenters. The lowest BCUT2D eigenvalue weighted by Crippen LogP contribution is -2.26. The van der Waals surface area contributed by atoms with Crippen molar-refractivity contribution in [1.82, 2.24) is 4.31 Å². The lowest BCUT2D eigenvalue weighted by Gasteiger charge is -2.17. The van der Waals surface area contributed by atoms with E-state index in [9.17, 15) is 13.2 Å². The highest BCUT2D eigenvalue weighted by molar-refractivity contribution is 9.10. The number of amides is 1. The summed E-state index contributed by atoms with van der Waals surface area (Å²) in [5, 5.41) is 3.36. The maximum Gasteiger partial charge on any atom is 0.262 e. The zero-order chi connectivity index (χ0) is 23.3. The van der Waals surface area contributed by atoms with Crippen LogP contribution in [-0.4, -0.2) is 32.3 Å². The zero-order valence-electron chi connectivity index (χ0n) is 16.9. The third-order valence-corrected chi connectivity index (χ3v) is 7.31. The van der Waals surface area contributed by atoms with Crippen LogP contribution in [-0.2, 0) is 21.4 Å². The van der Waals surface area contributed by atoms with Crippen LogP contribution in [0, 0.1) is 0 Å². The highest BCUT2D eigenvalue weighted by Crippen LogP contribution is 2.36. The number of hydrogen-bond acceptors (Lipinski definition) is 4. The molecule has 32 heavy (non-hydrogen) atoms. The van der Waals surface area contributed by atoms with Crippen molar-refractivity contribution in [2.45, 2.75) is 11.4 Å². The molecule has 0 aliphatic heterocycles. The number of nitrogens with one attached hydrogen (secondary N) is 1. The van der Waals surface area contributed by atoms with E-state index < -0.39 is 15.9 Å².